The Labute approximate surface area is 159 Å². The van der Waals surface area contributed by atoms with E-state index in [0.29, 0.717) is 17.9 Å². The van der Waals surface area contributed by atoms with Crippen LogP contribution in [0.2, 0.25) is 0 Å². The van der Waals surface area contributed by atoms with Gasteiger partial charge in [-0.25, -0.2) is 4.79 Å². The van der Waals surface area contributed by atoms with Crippen LogP contribution in [0.25, 0.3) is 0 Å². The molecule has 0 radical (unpaired) electrons. The quantitative estimate of drug-likeness (QED) is 0.721. The van der Waals surface area contributed by atoms with Gasteiger partial charge in [0.05, 0.1) is 18.8 Å². The Morgan fingerprint density at radius 1 is 0.926 bits per heavy atom. The van der Waals surface area contributed by atoms with Crippen LogP contribution < -0.4 is 14.8 Å². The van der Waals surface area contributed by atoms with Crippen LogP contribution in [-0.4, -0.2) is 31.2 Å². The molecule has 1 atom stereocenters. The second-order valence-electron chi connectivity index (χ2n) is 6.30. The van der Waals surface area contributed by atoms with Gasteiger partial charge in [-0.2, -0.15) is 0 Å². The van der Waals surface area contributed by atoms with Crippen molar-refractivity contribution in [2.24, 2.45) is 0 Å². The van der Waals surface area contributed by atoms with E-state index < -0.39 is 12.1 Å². The van der Waals surface area contributed by atoms with Crippen LogP contribution in [0.3, 0.4) is 0 Å². The summed E-state index contributed by atoms with van der Waals surface area (Å²) >= 11 is 0. The van der Waals surface area contributed by atoms with E-state index in [4.69, 9.17) is 14.2 Å². The minimum Gasteiger partial charge on any atom is -0.497 e. The number of hydrogen-bond acceptors (Lipinski definition) is 5. The zero-order valence-corrected chi connectivity index (χ0v) is 16.0. The average Bonchev–Trinajstić information content (AvgIpc) is 2.66. The Morgan fingerprint density at radius 2 is 1.52 bits per heavy atom. The molecule has 6 heteroatoms. The topological polar surface area (TPSA) is 73.9 Å². The van der Waals surface area contributed by atoms with Gasteiger partial charge in [0.15, 0.2) is 6.10 Å². The number of ether oxygens (including phenoxy) is 3. The fourth-order valence-corrected chi connectivity index (χ4v) is 2.30. The summed E-state index contributed by atoms with van der Waals surface area (Å²) in [4.78, 5) is 24.3. The molecule has 2 rings (SSSR count). The number of carbonyl (C=O) groups excluding carboxylic acids is 2. The van der Waals surface area contributed by atoms with E-state index in [0.717, 1.165) is 11.3 Å². The summed E-state index contributed by atoms with van der Waals surface area (Å²) in [6.07, 6.45) is -0.848. The molecule has 0 bridgehead atoms. The first kappa shape index (κ1) is 20.3. The third kappa shape index (κ3) is 6.33. The van der Waals surface area contributed by atoms with Crippen LogP contribution >= 0.6 is 0 Å². The normalized spacial score (nSPS) is 11.6. The van der Waals surface area contributed by atoms with Crippen LogP contribution in [-0.2, 0) is 16.1 Å². The highest BCUT2D eigenvalue weighted by Gasteiger charge is 2.18. The van der Waals surface area contributed by atoms with E-state index >= 15 is 0 Å². The average molecular weight is 371 g/mol. The highest BCUT2D eigenvalue weighted by molar-refractivity contribution is 5.92. The number of methoxy groups -OCH3 is 1. The van der Waals surface area contributed by atoms with Gasteiger partial charge in [0.1, 0.15) is 11.5 Å². The molecule has 2 aromatic carbocycles. The summed E-state index contributed by atoms with van der Waals surface area (Å²) in [7, 11) is 1.59. The highest BCUT2D eigenvalue weighted by Crippen LogP contribution is 2.15. The van der Waals surface area contributed by atoms with Crippen LogP contribution in [0.1, 0.15) is 36.7 Å². The van der Waals surface area contributed by atoms with E-state index in [2.05, 4.69) is 5.32 Å². The van der Waals surface area contributed by atoms with E-state index in [9.17, 15) is 9.59 Å². The number of esters is 1. The highest BCUT2D eigenvalue weighted by atomic mass is 16.5. The molecule has 0 aliphatic heterocycles. The van der Waals surface area contributed by atoms with Gasteiger partial charge < -0.3 is 19.5 Å². The Balaban J connectivity index is 1.84. The van der Waals surface area contributed by atoms with Gasteiger partial charge in [0.2, 0.25) is 0 Å². The third-order valence-electron chi connectivity index (χ3n) is 3.74. The SMILES string of the molecule is COc1ccc(CNC(=O)[C@@H](C)OC(=O)c2ccc(OC(C)C)cc2)cc1. The summed E-state index contributed by atoms with van der Waals surface area (Å²) in [6.45, 7) is 5.73. The molecular formula is C21H25NO5. The minimum absolute atomic E-state index is 0.0530. The Hall–Kier alpha value is -3.02. The van der Waals surface area contributed by atoms with Gasteiger partial charge >= 0.3 is 5.97 Å². The van der Waals surface area contributed by atoms with Crippen LogP contribution in [0.4, 0.5) is 0 Å². The molecule has 0 spiro atoms. The molecule has 0 heterocycles. The maximum atomic E-state index is 12.2. The predicted octanol–water partition coefficient (Wildman–Crippen LogP) is 3.34. The van der Waals surface area contributed by atoms with Gasteiger partial charge in [0, 0.05) is 6.54 Å². The Bertz CT molecular complexity index is 753. The van der Waals surface area contributed by atoms with E-state index in [1.165, 1.54) is 6.92 Å². The van der Waals surface area contributed by atoms with Crippen molar-refractivity contribution in [2.45, 2.75) is 39.5 Å². The van der Waals surface area contributed by atoms with Crippen molar-refractivity contribution in [3.63, 3.8) is 0 Å². The van der Waals surface area contributed by atoms with E-state index in [-0.39, 0.29) is 12.0 Å². The Kier molecular flexibility index (Phi) is 7.23. The lowest BCUT2D eigenvalue weighted by molar-refractivity contribution is -0.129. The van der Waals surface area contributed by atoms with Crippen LogP contribution in [0, 0.1) is 0 Å². The number of rotatable bonds is 8. The van der Waals surface area contributed by atoms with Crippen molar-refractivity contribution in [1.29, 1.82) is 0 Å². The standard InChI is InChI=1S/C21H25NO5/c1-14(2)26-19-11-7-17(8-12-19)21(24)27-15(3)20(23)22-13-16-5-9-18(25-4)10-6-16/h5-12,14-15H,13H2,1-4H3,(H,22,23)/t15-/m1/s1. The molecule has 0 saturated carbocycles. The summed E-state index contributed by atoms with van der Waals surface area (Å²) in [5.41, 5.74) is 1.28. The number of carbonyl (C=O) groups is 2. The summed E-state index contributed by atoms with van der Waals surface area (Å²) in [5.74, 6) is 0.501. The van der Waals surface area contributed by atoms with Crippen molar-refractivity contribution < 1.29 is 23.8 Å². The summed E-state index contributed by atoms with van der Waals surface area (Å²) in [5, 5.41) is 2.75. The smallest absolute Gasteiger partial charge is 0.338 e. The number of amides is 1. The van der Waals surface area contributed by atoms with Crippen molar-refractivity contribution in [2.75, 3.05) is 7.11 Å². The first-order valence-electron chi connectivity index (χ1n) is 8.77. The second kappa shape index (κ2) is 9.62. The zero-order valence-electron chi connectivity index (χ0n) is 16.0. The fourth-order valence-electron chi connectivity index (χ4n) is 2.30. The molecular weight excluding hydrogens is 346 g/mol. The lowest BCUT2D eigenvalue weighted by atomic mass is 10.2. The molecule has 0 unspecified atom stereocenters. The van der Waals surface area contributed by atoms with Crippen molar-refractivity contribution in [1.82, 2.24) is 5.32 Å². The molecule has 1 N–H and O–H groups in total. The molecule has 144 valence electrons. The summed E-state index contributed by atoms with van der Waals surface area (Å²) < 4.78 is 15.9. The zero-order chi connectivity index (χ0) is 19.8. The monoisotopic (exact) mass is 371 g/mol. The van der Waals surface area contributed by atoms with E-state index in [1.54, 1.807) is 31.4 Å². The van der Waals surface area contributed by atoms with Crippen LogP contribution in [0.15, 0.2) is 48.5 Å². The lowest BCUT2D eigenvalue weighted by Crippen LogP contribution is -2.35. The van der Waals surface area contributed by atoms with Gasteiger partial charge in [0.25, 0.3) is 5.91 Å². The molecule has 0 aliphatic rings. The summed E-state index contributed by atoms with van der Waals surface area (Å²) in [6, 6.07) is 14.0. The van der Waals surface area contributed by atoms with E-state index in [1.807, 2.05) is 38.1 Å². The fraction of sp³-hybridized carbons (Fsp3) is 0.333. The third-order valence-corrected chi connectivity index (χ3v) is 3.74. The molecule has 0 saturated heterocycles. The second-order valence-corrected chi connectivity index (χ2v) is 6.30. The van der Waals surface area contributed by atoms with Gasteiger partial charge in [-0.05, 0) is 62.7 Å². The maximum Gasteiger partial charge on any atom is 0.338 e. The lowest BCUT2D eigenvalue weighted by Gasteiger charge is -2.14. The first-order chi connectivity index (χ1) is 12.9. The molecule has 27 heavy (non-hydrogen) atoms. The molecule has 2 aromatic rings. The first-order valence-corrected chi connectivity index (χ1v) is 8.77. The Morgan fingerprint density at radius 3 is 2.07 bits per heavy atom. The largest absolute Gasteiger partial charge is 0.497 e. The van der Waals surface area contributed by atoms with Crippen LogP contribution in [0.5, 0.6) is 11.5 Å². The number of benzene rings is 2. The molecule has 6 nitrogen and oxygen atoms in total. The number of hydrogen-bond donors (Lipinski definition) is 1. The number of nitrogens with one attached hydrogen (secondary N) is 1. The van der Waals surface area contributed by atoms with Crippen molar-refractivity contribution >= 4 is 11.9 Å². The molecule has 1 amide bonds. The van der Waals surface area contributed by atoms with Crippen molar-refractivity contribution in [3.05, 3.63) is 59.7 Å². The van der Waals surface area contributed by atoms with Gasteiger partial charge in [-0.3, -0.25) is 4.79 Å². The molecule has 0 aliphatic carbocycles. The molecule has 0 fully saturated rings. The minimum atomic E-state index is -0.901. The predicted molar refractivity (Wildman–Crippen MR) is 102 cm³/mol. The maximum absolute atomic E-state index is 12.2. The van der Waals surface area contributed by atoms with Gasteiger partial charge in [-0.15, -0.1) is 0 Å². The van der Waals surface area contributed by atoms with Crippen molar-refractivity contribution in [3.8, 4) is 11.5 Å². The molecule has 0 aromatic heterocycles. The van der Waals surface area contributed by atoms with Gasteiger partial charge in [-0.1, -0.05) is 12.1 Å².